The monoisotopic (exact) mass is 147 g/mol. The standard InChI is InChI=1S/C6H13NO3/c1-3-5(8)6(9)4(2-7)10-3/h3-6,8-9H,2,7H2,1H3/t3-,4-,5-,6+/m1/s1. The summed E-state index contributed by atoms with van der Waals surface area (Å²) in [6.45, 7) is 1.96. The summed E-state index contributed by atoms with van der Waals surface area (Å²) in [5, 5.41) is 18.3. The van der Waals surface area contributed by atoms with Crippen LogP contribution in [0.2, 0.25) is 0 Å². The second kappa shape index (κ2) is 2.84. The van der Waals surface area contributed by atoms with E-state index in [1.54, 1.807) is 6.92 Å². The van der Waals surface area contributed by atoms with Crippen molar-refractivity contribution in [2.24, 2.45) is 5.73 Å². The van der Waals surface area contributed by atoms with Crippen LogP contribution in [0.1, 0.15) is 6.92 Å². The molecule has 4 heteroatoms. The first kappa shape index (κ1) is 7.94. The molecule has 0 spiro atoms. The van der Waals surface area contributed by atoms with Crippen LogP contribution in [0.5, 0.6) is 0 Å². The number of hydrogen-bond acceptors (Lipinski definition) is 4. The Morgan fingerprint density at radius 3 is 2.20 bits per heavy atom. The molecule has 0 aromatic rings. The highest BCUT2D eigenvalue weighted by Gasteiger charge is 2.38. The summed E-state index contributed by atoms with van der Waals surface area (Å²) in [5.41, 5.74) is 5.25. The van der Waals surface area contributed by atoms with Crippen LogP contribution < -0.4 is 5.73 Å². The fraction of sp³-hybridized carbons (Fsp3) is 1.00. The summed E-state index contributed by atoms with van der Waals surface area (Å²) in [6.07, 6.45) is -2.30. The molecule has 1 aliphatic rings. The van der Waals surface area contributed by atoms with Crippen LogP contribution in [0.3, 0.4) is 0 Å². The normalized spacial score (nSPS) is 48.0. The van der Waals surface area contributed by atoms with Gasteiger partial charge >= 0.3 is 0 Å². The van der Waals surface area contributed by atoms with Gasteiger partial charge in [-0.1, -0.05) is 0 Å². The Balaban J connectivity index is 2.53. The number of aliphatic hydroxyl groups excluding tert-OH is 2. The molecular formula is C6H13NO3. The molecule has 0 amide bonds. The zero-order valence-electron chi connectivity index (χ0n) is 5.90. The smallest absolute Gasteiger partial charge is 0.110 e. The molecule has 0 saturated carbocycles. The third-order valence-electron chi connectivity index (χ3n) is 1.83. The second-order valence-corrected chi connectivity index (χ2v) is 2.60. The zero-order valence-corrected chi connectivity index (χ0v) is 5.90. The quantitative estimate of drug-likeness (QED) is 0.420. The van der Waals surface area contributed by atoms with Crippen LogP contribution in [-0.4, -0.2) is 41.2 Å². The van der Waals surface area contributed by atoms with Crippen molar-refractivity contribution in [3.05, 3.63) is 0 Å². The number of nitrogens with two attached hydrogens (primary N) is 1. The molecule has 4 N–H and O–H groups in total. The lowest BCUT2D eigenvalue weighted by Crippen LogP contribution is -2.35. The minimum Gasteiger partial charge on any atom is -0.388 e. The van der Waals surface area contributed by atoms with Gasteiger partial charge in [-0.05, 0) is 6.92 Å². The second-order valence-electron chi connectivity index (χ2n) is 2.60. The molecule has 1 heterocycles. The third kappa shape index (κ3) is 1.15. The molecular weight excluding hydrogens is 134 g/mol. The van der Waals surface area contributed by atoms with Gasteiger partial charge in [-0.25, -0.2) is 0 Å². The van der Waals surface area contributed by atoms with E-state index in [-0.39, 0.29) is 12.6 Å². The number of hydrogen-bond donors (Lipinski definition) is 3. The third-order valence-corrected chi connectivity index (χ3v) is 1.83. The lowest BCUT2D eigenvalue weighted by Gasteiger charge is -2.10. The highest BCUT2D eigenvalue weighted by molar-refractivity contribution is 4.88. The molecule has 0 aromatic carbocycles. The molecule has 60 valence electrons. The Morgan fingerprint density at radius 2 is 2.00 bits per heavy atom. The van der Waals surface area contributed by atoms with Crippen LogP contribution in [0.15, 0.2) is 0 Å². The predicted octanol–water partition coefficient (Wildman–Crippen LogP) is -1.55. The largest absolute Gasteiger partial charge is 0.388 e. The van der Waals surface area contributed by atoms with Crippen LogP contribution in [-0.2, 0) is 4.74 Å². The molecule has 4 atom stereocenters. The average molecular weight is 147 g/mol. The van der Waals surface area contributed by atoms with Crippen molar-refractivity contribution >= 4 is 0 Å². The molecule has 1 saturated heterocycles. The molecule has 0 unspecified atom stereocenters. The molecule has 0 aliphatic carbocycles. The summed E-state index contributed by atoms with van der Waals surface area (Å²) in [7, 11) is 0. The van der Waals surface area contributed by atoms with Crippen molar-refractivity contribution in [2.45, 2.75) is 31.3 Å². The van der Waals surface area contributed by atoms with Gasteiger partial charge < -0.3 is 20.7 Å². The van der Waals surface area contributed by atoms with Gasteiger partial charge in [0.05, 0.1) is 12.2 Å². The average Bonchev–Trinajstić information content (AvgIpc) is 2.17. The molecule has 0 radical (unpaired) electrons. The van der Waals surface area contributed by atoms with E-state index in [0.717, 1.165) is 0 Å². The highest BCUT2D eigenvalue weighted by Crippen LogP contribution is 2.19. The Kier molecular flexibility index (Phi) is 2.25. The van der Waals surface area contributed by atoms with Crippen molar-refractivity contribution in [1.29, 1.82) is 0 Å². The SMILES string of the molecule is C[C@H]1O[C@H](CN)[C@H](O)[C@@H]1O. The summed E-state index contributed by atoms with van der Waals surface area (Å²) < 4.78 is 5.11. The van der Waals surface area contributed by atoms with Crippen LogP contribution in [0, 0.1) is 0 Å². The van der Waals surface area contributed by atoms with E-state index < -0.39 is 18.3 Å². The van der Waals surface area contributed by atoms with Crippen molar-refractivity contribution in [3.63, 3.8) is 0 Å². The first-order chi connectivity index (χ1) is 4.66. The van der Waals surface area contributed by atoms with E-state index in [2.05, 4.69) is 0 Å². The molecule has 0 aromatic heterocycles. The Morgan fingerprint density at radius 1 is 1.40 bits per heavy atom. The summed E-state index contributed by atoms with van der Waals surface area (Å²) >= 11 is 0. The maximum Gasteiger partial charge on any atom is 0.110 e. The lowest BCUT2D eigenvalue weighted by atomic mass is 10.1. The van der Waals surface area contributed by atoms with Gasteiger partial charge in [-0.15, -0.1) is 0 Å². The van der Waals surface area contributed by atoms with Crippen LogP contribution in [0.25, 0.3) is 0 Å². The van der Waals surface area contributed by atoms with Gasteiger partial charge in [0.1, 0.15) is 12.2 Å². The van der Waals surface area contributed by atoms with Gasteiger partial charge in [-0.2, -0.15) is 0 Å². The molecule has 1 rings (SSSR count). The summed E-state index contributed by atoms with van der Waals surface area (Å²) in [6, 6.07) is 0. The summed E-state index contributed by atoms with van der Waals surface area (Å²) in [4.78, 5) is 0. The van der Waals surface area contributed by atoms with Gasteiger partial charge in [-0.3, -0.25) is 0 Å². The van der Waals surface area contributed by atoms with Gasteiger partial charge in [0.25, 0.3) is 0 Å². The van der Waals surface area contributed by atoms with E-state index in [1.807, 2.05) is 0 Å². The number of aliphatic hydroxyl groups is 2. The first-order valence-electron chi connectivity index (χ1n) is 3.38. The molecule has 1 fully saturated rings. The number of ether oxygens (including phenoxy) is 1. The van der Waals surface area contributed by atoms with Gasteiger partial charge in [0.15, 0.2) is 0 Å². The molecule has 0 bridgehead atoms. The maximum absolute atomic E-state index is 9.17. The van der Waals surface area contributed by atoms with Crippen molar-refractivity contribution in [3.8, 4) is 0 Å². The lowest BCUT2D eigenvalue weighted by molar-refractivity contribution is 0.0223. The topological polar surface area (TPSA) is 75.7 Å². The fourth-order valence-corrected chi connectivity index (χ4v) is 1.13. The van der Waals surface area contributed by atoms with Crippen LogP contribution in [0.4, 0.5) is 0 Å². The molecule has 10 heavy (non-hydrogen) atoms. The Hall–Kier alpha value is -0.160. The highest BCUT2D eigenvalue weighted by atomic mass is 16.5. The van der Waals surface area contributed by atoms with Crippen molar-refractivity contribution < 1.29 is 14.9 Å². The Labute approximate surface area is 59.6 Å². The summed E-state index contributed by atoms with van der Waals surface area (Å²) in [5.74, 6) is 0. The minimum atomic E-state index is -0.819. The van der Waals surface area contributed by atoms with Gasteiger partial charge in [0.2, 0.25) is 0 Å². The van der Waals surface area contributed by atoms with E-state index in [0.29, 0.717) is 0 Å². The first-order valence-corrected chi connectivity index (χ1v) is 3.38. The minimum absolute atomic E-state index is 0.253. The Bertz CT molecular complexity index is 120. The van der Waals surface area contributed by atoms with E-state index in [9.17, 15) is 5.11 Å². The zero-order chi connectivity index (χ0) is 7.72. The van der Waals surface area contributed by atoms with E-state index in [1.165, 1.54) is 0 Å². The number of rotatable bonds is 1. The van der Waals surface area contributed by atoms with Crippen molar-refractivity contribution in [1.82, 2.24) is 0 Å². The van der Waals surface area contributed by atoms with Crippen LogP contribution >= 0.6 is 0 Å². The predicted molar refractivity (Wildman–Crippen MR) is 35.4 cm³/mol. The molecule has 4 nitrogen and oxygen atoms in total. The van der Waals surface area contributed by atoms with Crippen molar-refractivity contribution in [2.75, 3.05) is 6.54 Å². The van der Waals surface area contributed by atoms with E-state index in [4.69, 9.17) is 15.6 Å². The molecule has 1 aliphatic heterocycles. The van der Waals surface area contributed by atoms with E-state index >= 15 is 0 Å². The maximum atomic E-state index is 9.17. The fourth-order valence-electron chi connectivity index (χ4n) is 1.13. The van der Waals surface area contributed by atoms with Gasteiger partial charge in [0, 0.05) is 6.54 Å².